The van der Waals surface area contributed by atoms with Crippen LogP contribution < -0.4 is 11.1 Å². The van der Waals surface area contributed by atoms with Gasteiger partial charge in [-0.25, -0.2) is 4.79 Å². The molecule has 0 atom stereocenters. The zero-order chi connectivity index (χ0) is 11.5. The predicted molar refractivity (Wildman–Crippen MR) is 60.8 cm³/mol. The van der Waals surface area contributed by atoms with Crippen LogP contribution in [0, 0.1) is 0 Å². The molecule has 0 heterocycles. The zero-order valence-corrected chi connectivity index (χ0v) is 9.79. The van der Waals surface area contributed by atoms with Crippen LogP contribution in [0.25, 0.3) is 0 Å². The van der Waals surface area contributed by atoms with E-state index in [4.69, 9.17) is 10.5 Å². The number of urea groups is 1. The summed E-state index contributed by atoms with van der Waals surface area (Å²) in [4.78, 5) is 12.6. The Balaban J connectivity index is 3.14. The number of rotatable bonds is 9. The third-order valence-corrected chi connectivity index (χ3v) is 2.21. The summed E-state index contributed by atoms with van der Waals surface area (Å²) >= 11 is 0. The average molecular weight is 217 g/mol. The fourth-order valence-corrected chi connectivity index (χ4v) is 1.22. The molecule has 0 aliphatic heterocycles. The van der Waals surface area contributed by atoms with E-state index in [1.54, 1.807) is 0 Å². The Labute approximate surface area is 91.9 Å². The number of nitrogens with one attached hydrogen (secondary N) is 1. The number of ether oxygens (including phenoxy) is 1. The molecule has 0 aromatic rings. The van der Waals surface area contributed by atoms with Crippen molar-refractivity contribution in [3.63, 3.8) is 0 Å². The largest absolute Gasteiger partial charge is 0.380 e. The first-order chi connectivity index (χ1) is 7.20. The first-order valence-electron chi connectivity index (χ1n) is 5.54. The normalized spacial score (nSPS) is 10.6. The van der Waals surface area contributed by atoms with E-state index in [0.29, 0.717) is 13.2 Å². The van der Waals surface area contributed by atoms with Crippen molar-refractivity contribution in [2.45, 2.75) is 20.3 Å². The fraction of sp³-hybridized carbons (Fsp3) is 0.900. The highest BCUT2D eigenvalue weighted by Crippen LogP contribution is 1.88. The van der Waals surface area contributed by atoms with Crippen molar-refractivity contribution in [3.05, 3.63) is 0 Å². The van der Waals surface area contributed by atoms with Crippen LogP contribution in [0.15, 0.2) is 0 Å². The second-order valence-electron chi connectivity index (χ2n) is 3.28. The highest BCUT2D eigenvalue weighted by molar-refractivity contribution is 5.71. The molecule has 0 rings (SSSR count). The molecule has 0 aromatic carbocycles. The molecule has 2 amide bonds. The lowest BCUT2D eigenvalue weighted by Gasteiger charge is -2.17. The number of hydrogen-bond acceptors (Lipinski definition) is 3. The number of hydrogen-bond donors (Lipinski definition) is 2. The smallest absolute Gasteiger partial charge is 0.312 e. The second-order valence-corrected chi connectivity index (χ2v) is 3.28. The second kappa shape index (κ2) is 9.73. The minimum Gasteiger partial charge on any atom is -0.380 e. The van der Waals surface area contributed by atoms with Gasteiger partial charge in [-0.3, -0.25) is 0 Å². The van der Waals surface area contributed by atoms with Gasteiger partial charge in [-0.1, -0.05) is 13.8 Å². The summed E-state index contributed by atoms with van der Waals surface area (Å²) in [5, 5.41) is 2.52. The quantitative estimate of drug-likeness (QED) is 0.549. The van der Waals surface area contributed by atoms with Gasteiger partial charge in [-0.15, -0.1) is 0 Å². The molecule has 0 aliphatic carbocycles. The van der Waals surface area contributed by atoms with Crippen LogP contribution in [0.4, 0.5) is 4.79 Å². The molecule has 15 heavy (non-hydrogen) atoms. The van der Waals surface area contributed by atoms with E-state index in [1.165, 1.54) is 0 Å². The number of nitrogens with two attached hydrogens (primary N) is 1. The first kappa shape index (κ1) is 14.2. The van der Waals surface area contributed by atoms with Crippen molar-refractivity contribution in [1.29, 1.82) is 0 Å². The lowest BCUT2D eigenvalue weighted by Crippen LogP contribution is -2.31. The Hall–Kier alpha value is -0.810. The van der Waals surface area contributed by atoms with Gasteiger partial charge in [-0.05, 0) is 19.5 Å². The molecule has 0 bridgehead atoms. The molecule has 0 aliphatic rings. The van der Waals surface area contributed by atoms with Gasteiger partial charge in [0.05, 0.1) is 6.61 Å². The predicted octanol–water partition coefficient (Wildman–Crippen LogP) is 0.403. The molecular weight excluding hydrogens is 194 g/mol. The molecule has 3 N–H and O–H groups in total. The molecule has 0 aromatic heterocycles. The summed E-state index contributed by atoms with van der Waals surface area (Å²) in [6.07, 6.45) is 0.807. The van der Waals surface area contributed by atoms with Crippen LogP contribution in [0.3, 0.4) is 0 Å². The van der Waals surface area contributed by atoms with E-state index in [2.05, 4.69) is 24.1 Å². The zero-order valence-electron chi connectivity index (χ0n) is 9.79. The van der Waals surface area contributed by atoms with Crippen molar-refractivity contribution in [2.24, 2.45) is 5.73 Å². The highest BCUT2D eigenvalue weighted by atomic mass is 16.5. The molecule has 5 heteroatoms. The topological polar surface area (TPSA) is 67.6 Å². The van der Waals surface area contributed by atoms with Crippen LogP contribution in [-0.2, 0) is 4.74 Å². The van der Waals surface area contributed by atoms with Gasteiger partial charge in [0.2, 0.25) is 0 Å². The molecule has 0 radical (unpaired) electrons. The highest BCUT2D eigenvalue weighted by Gasteiger charge is 1.97. The van der Waals surface area contributed by atoms with E-state index in [-0.39, 0.29) is 0 Å². The Kier molecular flexibility index (Phi) is 9.21. The average Bonchev–Trinajstić information content (AvgIpc) is 2.22. The van der Waals surface area contributed by atoms with Crippen molar-refractivity contribution < 1.29 is 9.53 Å². The molecular formula is C10H23N3O2. The third-order valence-electron chi connectivity index (χ3n) is 2.21. The Bertz CT molecular complexity index is 161. The number of amides is 2. The Morgan fingerprint density at radius 2 is 2.00 bits per heavy atom. The maximum absolute atomic E-state index is 10.3. The minimum atomic E-state index is -0.474. The minimum absolute atomic E-state index is 0.474. The van der Waals surface area contributed by atoms with Gasteiger partial charge >= 0.3 is 6.03 Å². The van der Waals surface area contributed by atoms with Crippen LogP contribution in [0.5, 0.6) is 0 Å². The lowest BCUT2D eigenvalue weighted by atomic mass is 10.4. The third kappa shape index (κ3) is 9.49. The summed E-state index contributed by atoms with van der Waals surface area (Å²) in [5.41, 5.74) is 4.91. The number of primary amides is 1. The number of nitrogens with zero attached hydrogens (tertiary/aromatic N) is 1. The van der Waals surface area contributed by atoms with E-state index in [0.717, 1.165) is 32.7 Å². The summed E-state index contributed by atoms with van der Waals surface area (Å²) in [6, 6.07) is -0.474. The maximum Gasteiger partial charge on any atom is 0.312 e. The standard InChI is InChI=1S/C10H23N3O2/c1-3-13(4-2)7-9-15-8-5-6-12-10(11)14/h3-9H2,1-2H3,(H3,11,12,14). The maximum atomic E-state index is 10.3. The summed E-state index contributed by atoms with van der Waals surface area (Å²) in [5.74, 6) is 0. The molecule has 0 saturated carbocycles. The van der Waals surface area contributed by atoms with E-state index < -0.39 is 6.03 Å². The van der Waals surface area contributed by atoms with E-state index >= 15 is 0 Å². The van der Waals surface area contributed by atoms with Gasteiger partial charge in [0.15, 0.2) is 0 Å². The lowest BCUT2D eigenvalue weighted by molar-refractivity contribution is 0.105. The molecule has 0 spiro atoms. The van der Waals surface area contributed by atoms with Gasteiger partial charge in [-0.2, -0.15) is 0 Å². The van der Waals surface area contributed by atoms with Crippen LogP contribution in [-0.4, -0.2) is 50.3 Å². The van der Waals surface area contributed by atoms with E-state index in [1.807, 2.05) is 0 Å². The SMILES string of the molecule is CCN(CC)CCOCCCNC(N)=O. The molecule has 0 saturated heterocycles. The number of carbonyl (C=O) groups is 1. The molecule has 0 unspecified atom stereocenters. The van der Waals surface area contributed by atoms with Crippen molar-refractivity contribution in [3.8, 4) is 0 Å². The van der Waals surface area contributed by atoms with Crippen molar-refractivity contribution >= 4 is 6.03 Å². The van der Waals surface area contributed by atoms with E-state index in [9.17, 15) is 4.79 Å². The monoisotopic (exact) mass is 217 g/mol. The van der Waals surface area contributed by atoms with Crippen LogP contribution in [0.2, 0.25) is 0 Å². The fourth-order valence-electron chi connectivity index (χ4n) is 1.22. The number of likely N-dealkylation sites (N-methyl/N-ethyl adjacent to an activating group) is 1. The van der Waals surface area contributed by atoms with Gasteiger partial charge in [0.1, 0.15) is 0 Å². The van der Waals surface area contributed by atoms with Gasteiger partial charge < -0.3 is 20.7 Å². The van der Waals surface area contributed by atoms with Gasteiger partial charge in [0.25, 0.3) is 0 Å². The number of carbonyl (C=O) groups excluding carboxylic acids is 1. The Morgan fingerprint density at radius 3 is 2.53 bits per heavy atom. The molecule has 5 nitrogen and oxygen atoms in total. The Morgan fingerprint density at radius 1 is 1.33 bits per heavy atom. The van der Waals surface area contributed by atoms with Crippen molar-refractivity contribution in [2.75, 3.05) is 39.4 Å². The summed E-state index contributed by atoms with van der Waals surface area (Å²) in [7, 11) is 0. The summed E-state index contributed by atoms with van der Waals surface area (Å²) < 4.78 is 5.42. The van der Waals surface area contributed by atoms with Gasteiger partial charge in [0, 0.05) is 19.7 Å². The summed E-state index contributed by atoms with van der Waals surface area (Å²) in [6.45, 7) is 9.36. The molecule has 90 valence electrons. The van der Waals surface area contributed by atoms with Crippen molar-refractivity contribution in [1.82, 2.24) is 10.2 Å². The van der Waals surface area contributed by atoms with Crippen LogP contribution >= 0.6 is 0 Å². The molecule has 0 fully saturated rings. The van der Waals surface area contributed by atoms with Crippen LogP contribution in [0.1, 0.15) is 20.3 Å². The first-order valence-corrected chi connectivity index (χ1v) is 5.54.